The zero-order valence-corrected chi connectivity index (χ0v) is 19.1. The lowest BCUT2D eigenvalue weighted by Gasteiger charge is -2.19. The molecule has 2 amide bonds. The van der Waals surface area contributed by atoms with E-state index in [1.807, 2.05) is 31.2 Å². The molecule has 3 aromatic carbocycles. The third-order valence-corrected chi connectivity index (χ3v) is 6.07. The highest BCUT2D eigenvalue weighted by Crippen LogP contribution is 2.33. The van der Waals surface area contributed by atoms with Gasteiger partial charge in [0.25, 0.3) is 5.91 Å². The highest BCUT2D eigenvalue weighted by atomic mass is 32.2. The van der Waals surface area contributed by atoms with Crippen molar-refractivity contribution in [1.29, 1.82) is 0 Å². The molecule has 3 aromatic rings. The second kappa shape index (κ2) is 10.3. The van der Waals surface area contributed by atoms with E-state index >= 15 is 0 Å². The van der Waals surface area contributed by atoms with Crippen molar-refractivity contribution in [2.45, 2.75) is 17.1 Å². The fourth-order valence-electron chi connectivity index (χ4n) is 3.19. The van der Waals surface area contributed by atoms with E-state index in [1.165, 1.54) is 11.8 Å². The standard InChI is InChI=1S/C25H24N2O5S/c1-16(24(28)27-19-7-12-22-23(15-19)32-14-13-31-22)33-21-10-5-18(6-11-21)26-25(29)17-3-8-20(30-2)9-4-17/h3-12,15-16H,13-14H2,1-2H3,(H,26,29)(H,27,28). The first kappa shape index (κ1) is 22.5. The van der Waals surface area contributed by atoms with Gasteiger partial charge in [0, 0.05) is 27.9 Å². The number of ether oxygens (including phenoxy) is 3. The van der Waals surface area contributed by atoms with Crippen molar-refractivity contribution in [3.63, 3.8) is 0 Å². The van der Waals surface area contributed by atoms with Gasteiger partial charge in [-0.3, -0.25) is 9.59 Å². The lowest BCUT2D eigenvalue weighted by molar-refractivity contribution is -0.115. The number of carbonyl (C=O) groups excluding carboxylic acids is 2. The predicted molar refractivity (Wildman–Crippen MR) is 129 cm³/mol. The number of nitrogens with one attached hydrogen (secondary N) is 2. The Morgan fingerprint density at radius 1 is 0.879 bits per heavy atom. The van der Waals surface area contributed by atoms with Gasteiger partial charge in [0.15, 0.2) is 11.5 Å². The lowest BCUT2D eigenvalue weighted by atomic mass is 10.2. The molecule has 33 heavy (non-hydrogen) atoms. The molecule has 0 aliphatic carbocycles. The third-order valence-electron chi connectivity index (χ3n) is 4.96. The molecule has 0 aromatic heterocycles. The van der Waals surface area contributed by atoms with Crippen LogP contribution in [0.3, 0.4) is 0 Å². The summed E-state index contributed by atoms with van der Waals surface area (Å²) in [6.45, 7) is 2.86. The largest absolute Gasteiger partial charge is 0.497 e. The minimum Gasteiger partial charge on any atom is -0.497 e. The molecule has 1 aliphatic heterocycles. The van der Waals surface area contributed by atoms with E-state index in [-0.39, 0.29) is 17.1 Å². The molecule has 0 bridgehead atoms. The number of hydrogen-bond acceptors (Lipinski definition) is 6. The number of rotatable bonds is 7. The summed E-state index contributed by atoms with van der Waals surface area (Å²) in [7, 11) is 1.58. The highest BCUT2D eigenvalue weighted by molar-refractivity contribution is 8.00. The number of thioether (sulfide) groups is 1. The number of amides is 2. The van der Waals surface area contributed by atoms with E-state index in [0.29, 0.717) is 47.4 Å². The molecule has 170 valence electrons. The summed E-state index contributed by atoms with van der Waals surface area (Å²) < 4.78 is 16.2. The molecular weight excluding hydrogens is 440 g/mol. The molecule has 1 atom stereocenters. The first-order chi connectivity index (χ1) is 16.0. The molecule has 0 spiro atoms. The topological polar surface area (TPSA) is 85.9 Å². The predicted octanol–water partition coefficient (Wildman–Crippen LogP) is 4.84. The molecule has 0 radical (unpaired) electrons. The highest BCUT2D eigenvalue weighted by Gasteiger charge is 2.17. The van der Waals surface area contributed by atoms with Crippen molar-refractivity contribution in [1.82, 2.24) is 0 Å². The minimum atomic E-state index is -0.321. The molecule has 4 rings (SSSR count). The van der Waals surface area contributed by atoms with Crippen LogP contribution in [0.2, 0.25) is 0 Å². The SMILES string of the molecule is COc1ccc(C(=O)Nc2ccc(SC(C)C(=O)Nc3ccc4c(c3)OCCO4)cc2)cc1. The Morgan fingerprint density at radius 3 is 2.24 bits per heavy atom. The van der Waals surface area contributed by atoms with Gasteiger partial charge in [0.1, 0.15) is 19.0 Å². The lowest BCUT2D eigenvalue weighted by Crippen LogP contribution is -2.22. The molecule has 8 heteroatoms. The van der Waals surface area contributed by atoms with E-state index < -0.39 is 0 Å². The maximum Gasteiger partial charge on any atom is 0.255 e. The Kier molecular flexibility index (Phi) is 7.04. The van der Waals surface area contributed by atoms with Gasteiger partial charge < -0.3 is 24.8 Å². The average Bonchev–Trinajstić information content (AvgIpc) is 2.85. The molecular formula is C25H24N2O5S. The van der Waals surface area contributed by atoms with Gasteiger partial charge >= 0.3 is 0 Å². The zero-order chi connectivity index (χ0) is 23.2. The number of methoxy groups -OCH3 is 1. The number of benzene rings is 3. The van der Waals surface area contributed by atoms with E-state index in [4.69, 9.17) is 14.2 Å². The van der Waals surface area contributed by atoms with Crippen LogP contribution in [0.5, 0.6) is 17.2 Å². The van der Waals surface area contributed by atoms with Crippen molar-refractivity contribution >= 4 is 35.0 Å². The van der Waals surface area contributed by atoms with Crippen LogP contribution in [0.15, 0.2) is 71.6 Å². The summed E-state index contributed by atoms with van der Waals surface area (Å²) in [6, 6.07) is 19.6. The number of hydrogen-bond donors (Lipinski definition) is 2. The van der Waals surface area contributed by atoms with Crippen molar-refractivity contribution < 1.29 is 23.8 Å². The zero-order valence-electron chi connectivity index (χ0n) is 18.3. The van der Waals surface area contributed by atoms with E-state index in [0.717, 1.165) is 4.90 Å². The van der Waals surface area contributed by atoms with Crippen LogP contribution in [0.1, 0.15) is 17.3 Å². The maximum atomic E-state index is 12.6. The van der Waals surface area contributed by atoms with Crippen molar-refractivity contribution in [3.05, 3.63) is 72.3 Å². The smallest absolute Gasteiger partial charge is 0.255 e. The summed E-state index contributed by atoms with van der Waals surface area (Å²) in [4.78, 5) is 26.0. The first-order valence-corrected chi connectivity index (χ1v) is 11.3. The Balaban J connectivity index is 1.31. The molecule has 2 N–H and O–H groups in total. The van der Waals surface area contributed by atoms with Gasteiger partial charge in [-0.25, -0.2) is 0 Å². The molecule has 1 aliphatic rings. The van der Waals surface area contributed by atoms with Crippen molar-refractivity contribution in [2.24, 2.45) is 0 Å². The third kappa shape index (κ3) is 5.78. The summed E-state index contributed by atoms with van der Waals surface area (Å²) in [6.07, 6.45) is 0. The van der Waals surface area contributed by atoms with Gasteiger partial charge in [-0.15, -0.1) is 11.8 Å². The molecule has 0 saturated heterocycles. The fourth-order valence-corrected chi connectivity index (χ4v) is 4.05. The monoisotopic (exact) mass is 464 g/mol. The Hall–Kier alpha value is -3.65. The van der Waals surface area contributed by atoms with Crippen molar-refractivity contribution in [3.8, 4) is 17.2 Å². The van der Waals surface area contributed by atoms with Gasteiger partial charge in [0.05, 0.1) is 12.4 Å². The van der Waals surface area contributed by atoms with Crippen LogP contribution >= 0.6 is 11.8 Å². The normalized spacial score (nSPS) is 13.0. The Labute approximate surface area is 196 Å². The molecule has 0 saturated carbocycles. The summed E-state index contributed by atoms with van der Waals surface area (Å²) in [5.41, 5.74) is 1.88. The maximum absolute atomic E-state index is 12.6. The summed E-state index contributed by atoms with van der Waals surface area (Å²) in [5.74, 6) is 1.69. The number of anilines is 2. The number of fused-ring (bicyclic) bond motifs is 1. The minimum absolute atomic E-state index is 0.117. The van der Waals surface area contributed by atoms with E-state index in [9.17, 15) is 9.59 Å². The molecule has 0 fully saturated rings. The molecule has 1 heterocycles. The van der Waals surface area contributed by atoms with Crippen LogP contribution < -0.4 is 24.8 Å². The second-order valence-electron chi connectivity index (χ2n) is 7.31. The van der Waals surface area contributed by atoms with Gasteiger partial charge in [-0.1, -0.05) is 0 Å². The van der Waals surface area contributed by atoms with Crippen LogP contribution in [-0.4, -0.2) is 37.4 Å². The molecule has 7 nitrogen and oxygen atoms in total. The first-order valence-electron chi connectivity index (χ1n) is 10.4. The van der Waals surface area contributed by atoms with Gasteiger partial charge in [-0.05, 0) is 67.6 Å². The number of carbonyl (C=O) groups is 2. The van der Waals surface area contributed by atoms with Crippen LogP contribution in [0, 0.1) is 0 Å². The van der Waals surface area contributed by atoms with Gasteiger partial charge in [0.2, 0.25) is 5.91 Å². The van der Waals surface area contributed by atoms with E-state index in [2.05, 4.69) is 10.6 Å². The Bertz CT molecular complexity index is 1130. The Morgan fingerprint density at radius 2 is 1.55 bits per heavy atom. The summed E-state index contributed by atoms with van der Waals surface area (Å²) >= 11 is 1.43. The average molecular weight is 465 g/mol. The van der Waals surface area contributed by atoms with Crippen LogP contribution in [-0.2, 0) is 4.79 Å². The van der Waals surface area contributed by atoms with Crippen LogP contribution in [0.25, 0.3) is 0 Å². The fraction of sp³-hybridized carbons (Fsp3) is 0.200. The van der Waals surface area contributed by atoms with Crippen molar-refractivity contribution in [2.75, 3.05) is 31.0 Å². The van der Waals surface area contributed by atoms with Gasteiger partial charge in [-0.2, -0.15) is 0 Å². The quantitative estimate of drug-likeness (QED) is 0.487. The van der Waals surface area contributed by atoms with E-state index in [1.54, 1.807) is 49.6 Å². The summed E-state index contributed by atoms with van der Waals surface area (Å²) in [5, 5.41) is 5.46. The second-order valence-corrected chi connectivity index (χ2v) is 8.73. The molecule has 1 unspecified atom stereocenters. The van der Waals surface area contributed by atoms with Crippen LogP contribution in [0.4, 0.5) is 11.4 Å².